The molecule has 1 saturated heterocycles. The van der Waals surface area contributed by atoms with Crippen molar-refractivity contribution in [2.75, 3.05) is 20.3 Å². The van der Waals surface area contributed by atoms with Crippen LogP contribution in [0.5, 0.6) is 0 Å². The number of nitrogens with one attached hydrogen (secondary N) is 2. The van der Waals surface area contributed by atoms with Gasteiger partial charge in [-0.3, -0.25) is 4.79 Å². The molecule has 0 aromatic rings. The lowest BCUT2D eigenvalue weighted by molar-refractivity contribution is -0.142. The summed E-state index contributed by atoms with van der Waals surface area (Å²) >= 11 is 0. The molecule has 1 aliphatic rings. The molecular formula is C12H22N2O4. The molecule has 0 radical (unpaired) electrons. The predicted molar refractivity (Wildman–Crippen MR) is 66.3 cm³/mol. The standard InChI is InChI=1S/C12H22N2O4/c1-18-8-4-6-10(12(16)17)14-11(15)9-5-2-3-7-13-9/h9-10,13H,2-8H2,1H3,(H,14,15)(H,16,17). The van der Waals surface area contributed by atoms with Crippen molar-refractivity contribution >= 4 is 11.9 Å². The van der Waals surface area contributed by atoms with E-state index in [0.717, 1.165) is 25.8 Å². The molecule has 1 aliphatic heterocycles. The molecule has 6 nitrogen and oxygen atoms in total. The summed E-state index contributed by atoms with van der Waals surface area (Å²) in [7, 11) is 1.57. The minimum atomic E-state index is -0.990. The number of piperidine rings is 1. The first-order chi connectivity index (χ1) is 8.65. The molecule has 3 N–H and O–H groups in total. The van der Waals surface area contributed by atoms with Gasteiger partial charge >= 0.3 is 5.97 Å². The molecule has 2 atom stereocenters. The zero-order valence-corrected chi connectivity index (χ0v) is 10.8. The highest BCUT2D eigenvalue weighted by molar-refractivity contribution is 5.86. The highest BCUT2D eigenvalue weighted by Crippen LogP contribution is 2.08. The van der Waals surface area contributed by atoms with Crippen LogP contribution < -0.4 is 10.6 Å². The van der Waals surface area contributed by atoms with Crippen molar-refractivity contribution in [3.05, 3.63) is 0 Å². The number of hydrogen-bond acceptors (Lipinski definition) is 4. The number of rotatable bonds is 7. The quantitative estimate of drug-likeness (QED) is 0.565. The number of carboxylic acid groups (broad SMARTS) is 1. The minimum absolute atomic E-state index is 0.209. The van der Waals surface area contributed by atoms with Crippen LogP contribution in [-0.2, 0) is 14.3 Å². The zero-order valence-electron chi connectivity index (χ0n) is 10.8. The van der Waals surface area contributed by atoms with Crippen molar-refractivity contribution in [2.24, 2.45) is 0 Å². The van der Waals surface area contributed by atoms with Gasteiger partial charge in [0.25, 0.3) is 0 Å². The number of methoxy groups -OCH3 is 1. The Hall–Kier alpha value is -1.14. The highest BCUT2D eigenvalue weighted by atomic mass is 16.5. The lowest BCUT2D eigenvalue weighted by Crippen LogP contribution is -2.51. The average Bonchev–Trinajstić information content (AvgIpc) is 2.38. The Bertz CT molecular complexity index is 277. The van der Waals surface area contributed by atoms with Crippen LogP contribution in [0.1, 0.15) is 32.1 Å². The van der Waals surface area contributed by atoms with Gasteiger partial charge in [0, 0.05) is 13.7 Å². The first-order valence-electron chi connectivity index (χ1n) is 6.40. The third-order valence-electron chi connectivity index (χ3n) is 3.08. The average molecular weight is 258 g/mol. The van der Waals surface area contributed by atoms with Crippen LogP contribution in [0.4, 0.5) is 0 Å². The Labute approximate surface area is 107 Å². The van der Waals surface area contributed by atoms with Crippen LogP contribution in [0.25, 0.3) is 0 Å². The SMILES string of the molecule is COCCCC(NC(=O)C1CCCCN1)C(=O)O. The van der Waals surface area contributed by atoms with E-state index >= 15 is 0 Å². The van der Waals surface area contributed by atoms with E-state index in [1.165, 1.54) is 0 Å². The molecule has 0 saturated carbocycles. The molecule has 1 fully saturated rings. The van der Waals surface area contributed by atoms with E-state index in [2.05, 4.69) is 10.6 Å². The Morgan fingerprint density at radius 3 is 2.83 bits per heavy atom. The molecule has 0 aromatic carbocycles. The molecule has 2 unspecified atom stereocenters. The van der Waals surface area contributed by atoms with Crippen LogP contribution in [0.15, 0.2) is 0 Å². The van der Waals surface area contributed by atoms with Gasteiger partial charge < -0.3 is 20.5 Å². The van der Waals surface area contributed by atoms with E-state index in [0.29, 0.717) is 19.4 Å². The van der Waals surface area contributed by atoms with E-state index in [9.17, 15) is 9.59 Å². The van der Waals surface area contributed by atoms with Gasteiger partial charge in [0.05, 0.1) is 6.04 Å². The maximum Gasteiger partial charge on any atom is 0.326 e. The first kappa shape index (κ1) is 14.9. The van der Waals surface area contributed by atoms with E-state index in [-0.39, 0.29) is 11.9 Å². The number of aliphatic carboxylic acids is 1. The topological polar surface area (TPSA) is 87.7 Å². The largest absolute Gasteiger partial charge is 0.480 e. The summed E-state index contributed by atoms with van der Waals surface area (Å²) in [4.78, 5) is 22.9. The zero-order chi connectivity index (χ0) is 13.4. The molecule has 0 bridgehead atoms. The molecule has 6 heteroatoms. The Morgan fingerprint density at radius 2 is 2.28 bits per heavy atom. The van der Waals surface area contributed by atoms with Crippen LogP contribution >= 0.6 is 0 Å². The van der Waals surface area contributed by atoms with E-state index in [1.54, 1.807) is 7.11 Å². The smallest absolute Gasteiger partial charge is 0.326 e. The highest BCUT2D eigenvalue weighted by Gasteiger charge is 2.25. The summed E-state index contributed by atoms with van der Waals surface area (Å²) in [6.07, 6.45) is 3.86. The molecule has 1 amide bonds. The van der Waals surface area contributed by atoms with Gasteiger partial charge in [-0.2, -0.15) is 0 Å². The van der Waals surface area contributed by atoms with E-state index in [1.807, 2.05) is 0 Å². The van der Waals surface area contributed by atoms with Crippen LogP contribution in [-0.4, -0.2) is 49.3 Å². The number of amides is 1. The maximum atomic E-state index is 11.9. The third-order valence-corrected chi connectivity index (χ3v) is 3.08. The summed E-state index contributed by atoms with van der Waals surface area (Å²) in [5, 5.41) is 14.7. The van der Waals surface area contributed by atoms with Gasteiger partial charge in [-0.05, 0) is 32.2 Å². The molecule has 0 aromatic heterocycles. The molecule has 0 aliphatic carbocycles. The van der Waals surface area contributed by atoms with Crippen molar-refractivity contribution in [1.82, 2.24) is 10.6 Å². The summed E-state index contributed by atoms with van der Waals surface area (Å²) in [5.41, 5.74) is 0. The Kier molecular flexibility index (Phi) is 6.67. The van der Waals surface area contributed by atoms with Crippen molar-refractivity contribution in [2.45, 2.75) is 44.2 Å². The summed E-state index contributed by atoms with van der Waals surface area (Å²) in [5.74, 6) is -1.20. The van der Waals surface area contributed by atoms with Gasteiger partial charge in [-0.15, -0.1) is 0 Å². The summed E-state index contributed by atoms with van der Waals surface area (Å²) in [6.45, 7) is 1.32. The normalized spacial score (nSPS) is 21.3. The predicted octanol–water partition coefficient (Wildman–Crippen LogP) is 0.125. The maximum absolute atomic E-state index is 11.9. The third kappa shape index (κ3) is 5.01. The fourth-order valence-corrected chi connectivity index (χ4v) is 2.04. The number of ether oxygens (including phenoxy) is 1. The second kappa shape index (κ2) is 8.05. The van der Waals surface area contributed by atoms with Gasteiger partial charge in [0.1, 0.15) is 6.04 Å². The molecule has 18 heavy (non-hydrogen) atoms. The molecular weight excluding hydrogens is 236 g/mol. The minimum Gasteiger partial charge on any atom is -0.480 e. The monoisotopic (exact) mass is 258 g/mol. The van der Waals surface area contributed by atoms with Crippen LogP contribution in [0.3, 0.4) is 0 Å². The molecule has 0 spiro atoms. The number of carboxylic acids is 1. The lowest BCUT2D eigenvalue weighted by Gasteiger charge is -2.24. The van der Waals surface area contributed by atoms with Gasteiger partial charge in [-0.1, -0.05) is 6.42 Å². The van der Waals surface area contributed by atoms with Crippen LogP contribution in [0.2, 0.25) is 0 Å². The second-order valence-corrected chi connectivity index (χ2v) is 4.54. The first-order valence-corrected chi connectivity index (χ1v) is 6.40. The number of carbonyl (C=O) groups is 2. The van der Waals surface area contributed by atoms with Crippen molar-refractivity contribution in [1.29, 1.82) is 0 Å². The second-order valence-electron chi connectivity index (χ2n) is 4.54. The lowest BCUT2D eigenvalue weighted by atomic mass is 10.0. The van der Waals surface area contributed by atoms with Gasteiger partial charge in [-0.25, -0.2) is 4.79 Å². The fraction of sp³-hybridized carbons (Fsp3) is 0.833. The fourth-order valence-electron chi connectivity index (χ4n) is 2.04. The summed E-state index contributed by atoms with van der Waals surface area (Å²) in [6, 6.07) is -1.07. The van der Waals surface area contributed by atoms with Gasteiger partial charge in [0.2, 0.25) is 5.91 Å². The van der Waals surface area contributed by atoms with Crippen molar-refractivity contribution in [3.8, 4) is 0 Å². The van der Waals surface area contributed by atoms with E-state index < -0.39 is 12.0 Å². The van der Waals surface area contributed by atoms with Crippen molar-refractivity contribution in [3.63, 3.8) is 0 Å². The van der Waals surface area contributed by atoms with Crippen LogP contribution in [0, 0.1) is 0 Å². The summed E-state index contributed by atoms with van der Waals surface area (Å²) < 4.78 is 4.88. The number of carbonyl (C=O) groups excluding carboxylic acids is 1. The van der Waals surface area contributed by atoms with Crippen molar-refractivity contribution < 1.29 is 19.4 Å². The molecule has 1 rings (SSSR count). The van der Waals surface area contributed by atoms with E-state index in [4.69, 9.17) is 9.84 Å². The van der Waals surface area contributed by atoms with Gasteiger partial charge in [0.15, 0.2) is 0 Å². The number of hydrogen-bond donors (Lipinski definition) is 3. The Balaban J connectivity index is 2.38. The molecule has 104 valence electrons. The molecule has 1 heterocycles. The Morgan fingerprint density at radius 1 is 1.50 bits per heavy atom.